The molecule has 19 heavy (non-hydrogen) atoms. The predicted octanol–water partition coefficient (Wildman–Crippen LogP) is 1.86. The lowest BCUT2D eigenvalue weighted by atomic mass is 10.2. The van der Waals surface area contributed by atoms with E-state index in [1.807, 2.05) is 0 Å². The maximum Gasteiger partial charge on any atom is 0.310 e. The predicted molar refractivity (Wildman–Crippen MR) is 72.3 cm³/mol. The molecule has 0 aromatic heterocycles. The molecule has 0 aliphatic heterocycles. The van der Waals surface area contributed by atoms with Crippen molar-refractivity contribution in [2.24, 2.45) is 0 Å². The van der Waals surface area contributed by atoms with E-state index < -0.39 is 4.92 Å². The number of hydrogen-bond acceptors (Lipinski definition) is 5. The Hall–Kier alpha value is -1.66. The third-order valence-corrected chi connectivity index (χ3v) is 2.54. The second-order valence-electron chi connectivity index (χ2n) is 4.16. The number of nitrogens with zero attached hydrogens (tertiary/aromatic N) is 1. The first kappa shape index (κ1) is 15.4. The average Bonchev–Trinajstić information content (AvgIpc) is 2.39. The molecule has 6 heteroatoms. The molecule has 1 rings (SSSR count). The lowest BCUT2D eigenvalue weighted by Crippen LogP contribution is -2.14. The van der Waals surface area contributed by atoms with Crippen LogP contribution in [0, 0.1) is 10.1 Å². The molecule has 1 aromatic carbocycles. The van der Waals surface area contributed by atoms with Gasteiger partial charge in [-0.05, 0) is 24.6 Å². The molecule has 0 saturated heterocycles. The van der Waals surface area contributed by atoms with E-state index in [1.54, 1.807) is 12.1 Å². The molecule has 0 unspecified atom stereocenters. The van der Waals surface area contributed by atoms with Crippen molar-refractivity contribution in [2.75, 3.05) is 19.8 Å². The van der Waals surface area contributed by atoms with Crippen molar-refractivity contribution < 1.29 is 14.8 Å². The second kappa shape index (κ2) is 8.44. The summed E-state index contributed by atoms with van der Waals surface area (Å²) in [5.74, 6) is 0.259. The molecule has 0 bridgehead atoms. The van der Waals surface area contributed by atoms with E-state index in [-0.39, 0.29) is 24.7 Å². The Morgan fingerprint density at radius 2 is 2.26 bits per heavy atom. The minimum Gasteiger partial charge on any atom is -0.487 e. The maximum absolute atomic E-state index is 10.9. The molecule has 0 radical (unpaired) electrons. The van der Waals surface area contributed by atoms with Gasteiger partial charge in [-0.3, -0.25) is 10.1 Å². The van der Waals surface area contributed by atoms with Gasteiger partial charge in [0.15, 0.2) is 5.75 Å². The molecule has 0 saturated carbocycles. The molecule has 0 atom stereocenters. The monoisotopic (exact) mass is 268 g/mol. The molecule has 1 aromatic rings. The van der Waals surface area contributed by atoms with Crippen LogP contribution in [0.1, 0.15) is 25.3 Å². The van der Waals surface area contributed by atoms with Gasteiger partial charge in [0.2, 0.25) is 0 Å². The number of benzene rings is 1. The molecule has 0 aliphatic rings. The van der Waals surface area contributed by atoms with Crippen molar-refractivity contribution in [1.82, 2.24) is 5.32 Å². The highest BCUT2D eigenvalue weighted by atomic mass is 16.6. The van der Waals surface area contributed by atoms with Gasteiger partial charge in [-0.1, -0.05) is 13.0 Å². The van der Waals surface area contributed by atoms with Gasteiger partial charge in [-0.25, -0.2) is 0 Å². The summed E-state index contributed by atoms with van der Waals surface area (Å²) < 4.78 is 5.36. The van der Waals surface area contributed by atoms with Crippen LogP contribution in [0.4, 0.5) is 5.69 Å². The van der Waals surface area contributed by atoms with E-state index in [0.717, 1.165) is 18.5 Å². The highest BCUT2D eigenvalue weighted by Gasteiger charge is 2.15. The van der Waals surface area contributed by atoms with Crippen molar-refractivity contribution in [3.8, 4) is 5.75 Å². The minimum atomic E-state index is -0.461. The van der Waals surface area contributed by atoms with Gasteiger partial charge in [0, 0.05) is 25.6 Å². The van der Waals surface area contributed by atoms with Crippen molar-refractivity contribution in [3.05, 3.63) is 33.9 Å². The molecular weight excluding hydrogens is 248 g/mol. The topological polar surface area (TPSA) is 84.6 Å². The largest absolute Gasteiger partial charge is 0.487 e. The summed E-state index contributed by atoms with van der Waals surface area (Å²) in [6.07, 6.45) is 1.49. The van der Waals surface area contributed by atoms with Crippen LogP contribution in [-0.2, 0) is 6.54 Å². The van der Waals surface area contributed by atoms with E-state index in [1.165, 1.54) is 6.07 Å². The highest BCUT2D eigenvalue weighted by Crippen LogP contribution is 2.28. The van der Waals surface area contributed by atoms with Crippen LogP contribution in [0.15, 0.2) is 18.2 Å². The zero-order valence-corrected chi connectivity index (χ0v) is 11.1. The Kier molecular flexibility index (Phi) is 6.84. The van der Waals surface area contributed by atoms with E-state index >= 15 is 0 Å². The summed E-state index contributed by atoms with van der Waals surface area (Å²) in [5.41, 5.74) is 0.898. The first-order valence-corrected chi connectivity index (χ1v) is 6.40. The van der Waals surface area contributed by atoms with E-state index in [4.69, 9.17) is 9.84 Å². The molecule has 2 N–H and O–H groups in total. The fourth-order valence-corrected chi connectivity index (χ4v) is 1.59. The van der Waals surface area contributed by atoms with Crippen LogP contribution in [-0.4, -0.2) is 29.8 Å². The van der Waals surface area contributed by atoms with Crippen LogP contribution >= 0.6 is 0 Å². The number of nitro groups is 1. The van der Waals surface area contributed by atoms with Gasteiger partial charge < -0.3 is 15.2 Å². The highest BCUT2D eigenvalue weighted by molar-refractivity contribution is 5.48. The van der Waals surface area contributed by atoms with Gasteiger partial charge in [0.1, 0.15) is 0 Å². The number of hydrogen-bond donors (Lipinski definition) is 2. The summed E-state index contributed by atoms with van der Waals surface area (Å²) in [7, 11) is 0. The summed E-state index contributed by atoms with van der Waals surface area (Å²) in [4.78, 5) is 10.4. The molecular formula is C13H20N2O4. The Bertz CT molecular complexity index is 410. The molecule has 0 spiro atoms. The van der Waals surface area contributed by atoms with Crippen molar-refractivity contribution in [3.63, 3.8) is 0 Å². The SMILES string of the molecule is CCCNCc1ccc([N+](=O)[O-])c(OCCCO)c1. The third kappa shape index (κ3) is 5.23. The van der Waals surface area contributed by atoms with Crippen molar-refractivity contribution in [2.45, 2.75) is 26.3 Å². The lowest BCUT2D eigenvalue weighted by Gasteiger charge is -2.09. The summed E-state index contributed by atoms with van der Waals surface area (Å²) in [6, 6.07) is 4.86. The zero-order valence-electron chi connectivity index (χ0n) is 11.1. The number of nitrogens with one attached hydrogen (secondary N) is 1. The van der Waals surface area contributed by atoms with Gasteiger partial charge in [0.05, 0.1) is 11.5 Å². The quantitative estimate of drug-likeness (QED) is 0.405. The average molecular weight is 268 g/mol. The van der Waals surface area contributed by atoms with Crippen LogP contribution in [0.25, 0.3) is 0 Å². The lowest BCUT2D eigenvalue weighted by molar-refractivity contribution is -0.385. The Morgan fingerprint density at radius 1 is 1.47 bits per heavy atom. The normalized spacial score (nSPS) is 10.4. The van der Waals surface area contributed by atoms with Gasteiger partial charge >= 0.3 is 5.69 Å². The summed E-state index contributed by atoms with van der Waals surface area (Å²) >= 11 is 0. The zero-order chi connectivity index (χ0) is 14.1. The molecule has 0 aliphatic carbocycles. The van der Waals surface area contributed by atoms with Crippen LogP contribution in [0.5, 0.6) is 5.75 Å². The number of aliphatic hydroxyl groups excluding tert-OH is 1. The Balaban J connectivity index is 2.75. The Morgan fingerprint density at radius 3 is 2.89 bits per heavy atom. The minimum absolute atomic E-state index is 0.00550. The third-order valence-electron chi connectivity index (χ3n) is 2.54. The van der Waals surface area contributed by atoms with Crippen molar-refractivity contribution >= 4 is 5.69 Å². The number of rotatable bonds is 9. The molecule has 0 heterocycles. The molecule has 0 fully saturated rings. The first-order chi connectivity index (χ1) is 9.19. The smallest absolute Gasteiger partial charge is 0.310 e. The van der Waals surface area contributed by atoms with Gasteiger partial charge in [-0.2, -0.15) is 0 Å². The summed E-state index contributed by atoms with van der Waals surface area (Å²) in [6.45, 7) is 3.90. The van der Waals surface area contributed by atoms with Crippen LogP contribution in [0.3, 0.4) is 0 Å². The first-order valence-electron chi connectivity index (χ1n) is 6.40. The van der Waals surface area contributed by atoms with E-state index in [2.05, 4.69) is 12.2 Å². The molecule has 106 valence electrons. The Labute approximate surface area is 112 Å². The van der Waals surface area contributed by atoms with Gasteiger partial charge in [0.25, 0.3) is 0 Å². The van der Waals surface area contributed by atoms with E-state index in [9.17, 15) is 10.1 Å². The fourth-order valence-electron chi connectivity index (χ4n) is 1.59. The summed E-state index contributed by atoms with van der Waals surface area (Å²) in [5, 5.41) is 22.8. The number of ether oxygens (including phenoxy) is 1. The standard InChI is InChI=1S/C13H20N2O4/c1-2-6-14-10-11-4-5-12(15(17)18)13(9-11)19-8-3-7-16/h4-5,9,14,16H,2-3,6-8,10H2,1H3. The van der Waals surface area contributed by atoms with Crippen molar-refractivity contribution in [1.29, 1.82) is 0 Å². The number of nitro benzene ring substituents is 1. The van der Waals surface area contributed by atoms with Gasteiger partial charge in [-0.15, -0.1) is 0 Å². The van der Waals surface area contributed by atoms with Crippen LogP contribution < -0.4 is 10.1 Å². The maximum atomic E-state index is 10.9. The molecule has 6 nitrogen and oxygen atoms in total. The fraction of sp³-hybridized carbons (Fsp3) is 0.538. The second-order valence-corrected chi connectivity index (χ2v) is 4.16. The van der Waals surface area contributed by atoms with E-state index in [0.29, 0.717) is 13.0 Å². The van der Waals surface area contributed by atoms with Crippen LogP contribution in [0.2, 0.25) is 0 Å². The number of aliphatic hydroxyl groups is 1. The molecule has 0 amide bonds.